The first-order valence-corrected chi connectivity index (χ1v) is 7.45. The topological polar surface area (TPSA) is 43.4 Å². The lowest BCUT2D eigenvalue weighted by Crippen LogP contribution is -2.29. The molecule has 1 aliphatic carbocycles. The van der Waals surface area contributed by atoms with Crippen molar-refractivity contribution >= 4 is 11.8 Å². The van der Waals surface area contributed by atoms with Gasteiger partial charge in [0.2, 0.25) is 0 Å². The zero-order valence-electron chi connectivity index (χ0n) is 11.6. The Morgan fingerprint density at radius 2 is 1.89 bits per heavy atom. The van der Waals surface area contributed by atoms with Crippen molar-refractivity contribution in [3.63, 3.8) is 0 Å². The van der Waals surface area contributed by atoms with Crippen molar-refractivity contribution in [1.29, 1.82) is 0 Å². The van der Waals surface area contributed by atoms with E-state index in [4.69, 9.17) is 4.74 Å². The maximum atomic E-state index is 11.7. The molecule has 0 aliphatic heterocycles. The van der Waals surface area contributed by atoms with Crippen LogP contribution in [0.3, 0.4) is 0 Å². The van der Waals surface area contributed by atoms with Gasteiger partial charge < -0.3 is 4.74 Å². The van der Waals surface area contributed by atoms with Crippen LogP contribution in [0.4, 0.5) is 0 Å². The highest BCUT2D eigenvalue weighted by Crippen LogP contribution is 2.21. The molecule has 3 nitrogen and oxygen atoms in total. The van der Waals surface area contributed by atoms with E-state index < -0.39 is 5.92 Å². The van der Waals surface area contributed by atoms with Gasteiger partial charge in [0.25, 0.3) is 0 Å². The molecule has 0 radical (unpaired) electrons. The summed E-state index contributed by atoms with van der Waals surface area (Å²) in [6.45, 7) is 2.68. The van der Waals surface area contributed by atoms with Gasteiger partial charge in [-0.05, 0) is 19.3 Å². The van der Waals surface area contributed by atoms with Gasteiger partial charge in [0.15, 0.2) is 0 Å². The summed E-state index contributed by atoms with van der Waals surface area (Å²) in [7, 11) is 0. The summed E-state index contributed by atoms with van der Waals surface area (Å²) < 4.78 is 5.20. The summed E-state index contributed by atoms with van der Waals surface area (Å²) in [6, 6.07) is 0. The van der Waals surface area contributed by atoms with Gasteiger partial charge in [0.05, 0.1) is 6.61 Å². The fourth-order valence-electron chi connectivity index (χ4n) is 2.39. The number of esters is 1. The molecule has 0 aromatic heterocycles. The lowest BCUT2D eigenvalue weighted by atomic mass is 9.88. The molecule has 0 aromatic rings. The van der Waals surface area contributed by atoms with E-state index >= 15 is 0 Å². The largest absolute Gasteiger partial charge is 0.465 e. The van der Waals surface area contributed by atoms with E-state index in [0.717, 1.165) is 25.7 Å². The number of carbonyl (C=O) groups is 2. The van der Waals surface area contributed by atoms with E-state index in [1.165, 1.54) is 25.7 Å². The average Bonchev–Trinajstić information content (AvgIpc) is 2.38. The number of hydrogen-bond acceptors (Lipinski definition) is 3. The number of rotatable bonds is 8. The van der Waals surface area contributed by atoms with Crippen molar-refractivity contribution < 1.29 is 14.3 Å². The minimum absolute atomic E-state index is 0.0780. The third kappa shape index (κ3) is 5.65. The van der Waals surface area contributed by atoms with Crippen LogP contribution < -0.4 is 0 Å². The fraction of sp³-hybridized carbons (Fsp3) is 0.867. The van der Waals surface area contributed by atoms with E-state index in [2.05, 4.69) is 6.92 Å². The summed E-state index contributed by atoms with van der Waals surface area (Å²) >= 11 is 0. The predicted octanol–water partition coefficient (Wildman–Crippen LogP) is 3.65. The van der Waals surface area contributed by atoms with Gasteiger partial charge >= 0.3 is 5.97 Å². The van der Waals surface area contributed by atoms with Gasteiger partial charge in [0, 0.05) is 6.42 Å². The van der Waals surface area contributed by atoms with Crippen LogP contribution >= 0.6 is 0 Å². The second kappa shape index (κ2) is 9.12. The molecule has 18 heavy (non-hydrogen) atoms. The van der Waals surface area contributed by atoms with Crippen LogP contribution in [-0.4, -0.2) is 18.4 Å². The highest BCUT2D eigenvalue weighted by molar-refractivity contribution is 5.99. The summed E-state index contributed by atoms with van der Waals surface area (Å²) in [5.41, 5.74) is 0. The molecule has 1 saturated carbocycles. The van der Waals surface area contributed by atoms with Crippen LogP contribution in [-0.2, 0) is 14.3 Å². The van der Waals surface area contributed by atoms with Crippen LogP contribution in [0.5, 0.6) is 0 Å². The van der Waals surface area contributed by atoms with E-state index in [-0.39, 0.29) is 11.8 Å². The molecule has 0 amide bonds. The Kier molecular flexibility index (Phi) is 7.70. The normalized spacial score (nSPS) is 19.8. The van der Waals surface area contributed by atoms with Crippen molar-refractivity contribution in [2.75, 3.05) is 6.61 Å². The summed E-state index contributed by atoms with van der Waals surface area (Å²) in [4.78, 5) is 23.2. The lowest BCUT2D eigenvalue weighted by Gasteiger charge is -2.18. The van der Waals surface area contributed by atoms with Gasteiger partial charge in [-0.25, -0.2) is 0 Å². The van der Waals surface area contributed by atoms with Crippen LogP contribution in [0.2, 0.25) is 0 Å². The molecule has 1 aliphatic rings. The standard InChI is InChI=1S/C15H26O3/c1-2-3-4-5-6-9-12-18-15(17)13-10-7-8-11-14(13)16/h13H,2-12H2,1H3. The van der Waals surface area contributed by atoms with Gasteiger partial charge in [-0.3, -0.25) is 9.59 Å². The first-order chi connectivity index (χ1) is 8.75. The molecule has 104 valence electrons. The molecule has 1 atom stereocenters. The molecule has 0 heterocycles. The van der Waals surface area contributed by atoms with Crippen molar-refractivity contribution in [3.05, 3.63) is 0 Å². The van der Waals surface area contributed by atoms with Crippen molar-refractivity contribution in [2.24, 2.45) is 5.92 Å². The van der Waals surface area contributed by atoms with Crippen LogP contribution in [0.15, 0.2) is 0 Å². The fourth-order valence-corrected chi connectivity index (χ4v) is 2.39. The second-order valence-corrected chi connectivity index (χ2v) is 5.20. The Morgan fingerprint density at radius 3 is 2.61 bits per heavy atom. The van der Waals surface area contributed by atoms with E-state index in [1.807, 2.05) is 0 Å². The van der Waals surface area contributed by atoms with Gasteiger partial charge in [-0.1, -0.05) is 45.4 Å². The summed E-state index contributed by atoms with van der Waals surface area (Å²) in [5, 5.41) is 0. The molecule has 0 N–H and O–H groups in total. The lowest BCUT2D eigenvalue weighted by molar-refractivity contribution is -0.153. The average molecular weight is 254 g/mol. The van der Waals surface area contributed by atoms with Crippen LogP contribution in [0.1, 0.15) is 71.1 Å². The van der Waals surface area contributed by atoms with E-state index in [0.29, 0.717) is 19.4 Å². The monoisotopic (exact) mass is 254 g/mol. The van der Waals surface area contributed by atoms with Gasteiger partial charge in [-0.15, -0.1) is 0 Å². The molecule has 0 aromatic carbocycles. The SMILES string of the molecule is CCCCCCCCOC(=O)C1CCCCC1=O. The van der Waals surface area contributed by atoms with Crippen LogP contribution in [0.25, 0.3) is 0 Å². The Labute approximate surface area is 110 Å². The first-order valence-electron chi connectivity index (χ1n) is 7.45. The number of ketones is 1. The summed E-state index contributed by atoms with van der Waals surface area (Å²) in [6.07, 6.45) is 10.2. The predicted molar refractivity (Wildman–Crippen MR) is 71.3 cm³/mol. The maximum absolute atomic E-state index is 11.7. The number of hydrogen-bond donors (Lipinski definition) is 0. The third-order valence-corrected chi connectivity index (χ3v) is 3.58. The molecule has 1 unspecified atom stereocenters. The Balaban J connectivity index is 2.04. The van der Waals surface area contributed by atoms with Gasteiger partial charge in [0.1, 0.15) is 11.7 Å². The number of carbonyl (C=O) groups excluding carboxylic acids is 2. The Morgan fingerprint density at radius 1 is 1.17 bits per heavy atom. The maximum Gasteiger partial charge on any atom is 0.316 e. The zero-order valence-corrected chi connectivity index (χ0v) is 11.6. The summed E-state index contributed by atoms with van der Waals surface area (Å²) in [5.74, 6) is -0.665. The Hall–Kier alpha value is -0.860. The number of unbranched alkanes of at least 4 members (excludes halogenated alkanes) is 5. The minimum Gasteiger partial charge on any atom is -0.465 e. The Bertz CT molecular complexity index is 260. The number of Topliss-reactive ketones (excluding diaryl/α,β-unsaturated/α-hetero) is 1. The highest BCUT2D eigenvalue weighted by Gasteiger charge is 2.29. The van der Waals surface area contributed by atoms with Crippen molar-refractivity contribution in [1.82, 2.24) is 0 Å². The second-order valence-electron chi connectivity index (χ2n) is 5.20. The molecular formula is C15H26O3. The third-order valence-electron chi connectivity index (χ3n) is 3.58. The first kappa shape index (κ1) is 15.2. The molecule has 0 spiro atoms. The van der Waals surface area contributed by atoms with Gasteiger partial charge in [-0.2, -0.15) is 0 Å². The molecule has 3 heteroatoms. The molecule has 1 rings (SSSR count). The van der Waals surface area contributed by atoms with Crippen molar-refractivity contribution in [3.8, 4) is 0 Å². The smallest absolute Gasteiger partial charge is 0.316 e. The molecule has 0 saturated heterocycles. The quantitative estimate of drug-likeness (QED) is 0.377. The molecular weight excluding hydrogens is 228 g/mol. The molecule has 0 bridgehead atoms. The van der Waals surface area contributed by atoms with E-state index in [9.17, 15) is 9.59 Å². The van der Waals surface area contributed by atoms with Crippen molar-refractivity contribution in [2.45, 2.75) is 71.1 Å². The van der Waals surface area contributed by atoms with Crippen LogP contribution in [0, 0.1) is 5.92 Å². The highest BCUT2D eigenvalue weighted by atomic mass is 16.5. The number of ether oxygens (including phenoxy) is 1. The van der Waals surface area contributed by atoms with E-state index in [1.54, 1.807) is 0 Å². The molecule has 1 fully saturated rings. The minimum atomic E-state index is -0.459. The zero-order chi connectivity index (χ0) is 13.2.